The molecule has 2 nitrogen and oxygen atoms in total. The Balaban J connectivity index is 2.20. The van der Waals surface area contributed by atoms with Gasteiger partial charge in [0.25, 0.3) is 0 Å². The summed E-state index contributed by atoms with van der Waals surface area (Å²) in [6.07, 6.45) is 1.49. The third-order valence-corrected chi connectivity index (χ3v) is 3.15. The Hall–Kier alpha value is -1.02. The third-order valence-electron chi connectivity index (χ3n) is 2.92. The highest BCUT2D eigenvalue weighted by Crippen LogP contribution is 2.32. The van der Waals surface area contributed by atoms with Crippen molar-refractivity contribution < 1.29 is 4.79 Å². The zero-order valence-electron chi connectivity index (χ0n) is 10.6. The number of carbonyl (C=O) groups is 1. The first-order valence-electron chi connectivity index (χ1n) is 5.96. The summed E-state index contributed by atoms with van der Waals surface area (Å²) in [7, 11) is 0. The number of rotatable bonds is 1. The zero-order chi connectivity index (χ0) is 12.6. The number of hydrogen-bond donors (Lipinski definition) is 0. The van der Waals surface area contributed by atoms with Gasteiger partial charge in [0.05, 0.1) is 0 Å². The molecular formula is C14H18ClNO. The van der Waals surface area contributed by atoms with Gasteiger partial charge in [-0.3, -0.25) is 4.79 Å². The monoisotopic (exact) mass is 251 g/mol. The van der Waals surface area contributed by atoms with Crippen LogP contribution in [0, 0.1) is 5.41 Å². The van der Waals surface area contributed by atoms with E-state index >= 15 is 0 Å². The van der Waals surface area contributed by atoms with Gasteiger partial charge in [-0.1, -0.05) is 32.4 Å². The lowest BCUT2D eigenvalue weighted by Crippen LogP contribution is -2.31. The molecule has 1 aromatic carbocycles. The predicted octanol–water partition coefficient (Wildman–Crippen LogP) is 3.67. The largest absolute Gasteiger partial charge is 0.312 e. The van der Waals surface area contributed by atoms with Crippen LogP contribution in [0.15, 0.2) is 18.2 Å². The maximum absolute atomic E-state index is 12.2. The Kier molecular flexibility index (Phi) is 3.17. The number of benzene rings is 1. The van der Waals surface area contributed by atoms with Gasteiger partial charge in [0.2, 0.25) is 5.91 Å². The van der Waals surface area contributed by atoms with Crippen LogP contribution in [0.3, 0.4) is 0 Å². The Morgan fingerprint density at radius 1 is 1.41 bits per heavy atom. The minimum atomic E-state index is 0.0340. The first-order valence-corrected chi connectivity index (χ1v) is 6.33. The Morgan fingerprint density at radius 3 is 2.76 bits per heavy atom. The fraction of sp³-hybridized carbons (Fsp3) is 0.500. The summed E-state index contributed by atoms with van der Waals surface area (Å²) in [5.74, 6) is 0.207. The van der Waals surface area contributed by atoms with Crippen molar-refractivity contribution in [1.82, 2.24) is 0 Å². The van der Waals surface area contributed by atoms with Crippen LogP contribution in [0.4, 0.5) is 5.69 Å². The lowest BCUT2D eigenvalue weighted by molar-refractivity contribution is -0.120. The van der Waals surface area contributed by atoms with E-state index < -0.39 is 0 Å². The van der Waals surface area contributed by atoms with Crippen LogP contribution in [0.1, 0.15) is 32.8 Å². The normalized spacial score (nSPS) is 14.9. The van der Waals surface area contributed by atoms with Crippen molar-refractivity contribution in [2.24, 2.45) is 5.41 Å². The van der Waals surface area contributed by atoms with Gasteiger partial charge in [0.1, 0.15) is 0 Å². The van der Waals surface area contributed by atoms with Gasteiger partial charge in [0.15, 0.2) is 0 Å². The fourth-order valence-electron chi connectivity index (χ4n) is 2.18. The molecule has 0 spiro atoms. The second-order valence-electron chi connectivity index (χ2n) is 5.81. The highest BCUT2D eigenvalue weighted by molar-refractivity contribution is 6.30. The van der Waals surface area contributed by atoms with Crippen molar-refractivity contribution in [3.63, 3.8) is 0 Å². The molecule has 1 heterocycles. The van der Waals surface area contributed by atoms with Crippen molar-refractivity contribution >= 4 is 23.2 Å². The SMILES string of the molecule is CC(C)(C)CC(=O)N1CCc2cc(Cl)ccc21. The van der Waals surface area contributed by atoms with E-state index in [9.17, 15) is 4.79 Å². The quantitative estimate of drug-likeness (QED) is 0.746. The maximum Gasteiger partial charge on any atom is 0.227 e. The molecule has 1 aliphatic heterocycles. The van der Waals surface area contributed by atoms with Crippen molar-refractivity contribution in [2.45, 2.75) is 33.6 Å². The number of nitrogens with zero attached hydrogens (tertiary/aromatic N) is 1. The van der Waals surface area contributed by atoms with Crippen LogP contribution in [-0.4, -0.2) is 12.5 Å². The molecule has 0 N–H and O–H groups in total. The first kappa shape index (κ1) is 12.4. The lowest BCUT2D eigenvalue weighted by atomic mass is 9.91. The molecule has 0 radical (unpaired) electrons. The second-order valence-corrected chi connectivity index (χ2v) is 6.24. The smallest absolute Gasteiger partial charge is 0.227 e. The topological polar surface area (TPSA) is 20.3 Å². The summed E-state index contributed by atoms with van der Waals surface area (Å²) in [6, 6.07) is 5.76. The Labute approximate surface area is 108 Å². The third kappa shape index (κ3) is 2.81. The van der Waals surface area contributed by atoms with E-state index in [0.29, 0.717) is 6.42 Å². The number of halogens is 1. The number of carbonyl (C=O) groups excluding carboxylic acids is 1. The molecule has 0 aliphatic carbocycles. The molecule has 17 heavy (non-hydrogen) atoms. The fourth-order valence-corrected chi connectivity index (χ4v) is 2.37. The second kappa shape index (κ2) is 4.34. The minimum absolute atomic E-state index is 0.0340. The highest BCUT2D eigenvalue weighted by Gasteiger charge is 2.27. The molecule has 3 heteroatoms. The van der Waals surface area contributed by atoms with Crippen molar-refractivity contribution in [3.8, 4) is 0 Å². The Bertz CT molecular complexity index is 448. The van der Waals surface area contributed by atoms with Crippen molar-refractivity contribution in [3.05, 3.63) is 28.8 Å². The molecule has 0 unspecified atom stereocenters. The van der Waals surface area contributed by atoms with Crippen LogP contribution < -0.4 is 4.90 Å². The van der Waals surface area contributed by atoms with Gasteiger partial charge < -0.3 is 4.90 Å². The zero-order valence-corrected chi connectivity index (χ0v) is 11.3. The van der Waals surface area contributed by atoms with Crippen LogP contribution in [0.25, 0.3) is 0 Å². The first-order chi connectivity index (χ1) is 7.87. The summed E-state index contributed by atoms with van der Waals surface area (Å²) in [5.41, 5.74) is 2.25. The number of anilines is 1. The molecule has 0 saturated carbocycles. The van der Waals surface area contributed by atoms with Gasteiger partial charge in [-0.05, 0) is 35.6 Å². The summed E-state index contributed by atoms with van der Waals surface area (Å²) in [4.78, 5) is 14.1. The molecule has 1 aromatic rings. The van der Waals surface area contributed by atoms with Gasteiger partial charge in [0, 0.05) is 23.7 Å². The van der Waals surface area contributed by atoms with Crippen molar-refractivity contribution in [1.29, 1.82) is 0 Å². The van der Waals surface area contributed by atoms with Gasteiger partial charge in [-0.2, -0.15) is 0 Å². The summed E-state index contributed by atoms with van der Waals surface area (Å²) >= 11 is 5.95. The van der Waals surface area contributed by atoms with Gasteiger partial charge in [-0.25, -0.2) is 0 Å². The van der Waals surface area contributed by atoms with Gasteiger partial charge >= 0.3 is 0 Å². The molecule has 2 rings (SSSR count). The summed E-state index contributed by atoms with van der Waals surface area (Å²) in [5, 5.41) is 0.744. The Morgan fingerprint density at radius 2 is 2.12 bits per heavy atom. The van der Waals surface area contributed by atoms with E-state index in [1.54, 1.807) is 0 Å². The van der Waals surface area contributed by atoms with E-state index in [-0.39, 0.29) is 11.3 Å². The van der Waals surface area contributed by atoms with Crippen LogP contribution in [0.5, 0.6) is 0 Å². The van der Waals surface area contributed by atoms with E-state index in [1.165, 1.54) is 5.56 Å². The molecule has 0 bridgehead atoms. The van der Waals surface area contributed by atoms with Crippen LogP contribution in [-0.2, 0) is 11.2 Å². The average molecular weight is 252 g/mol. The van der Waals surface area contributed by atoms with Crippen LogP contribution in [0.2, 0.25) is 5.02 Å². The summed E-state index contributed by atoms with van der Waals surface area (Å²) in [6.45, 7) is 7.04. The van der Waals surface area contributed by atoms with E-state index in [2.05, 4.69) is 20.8 Å². The van der Waals surface area contributed by atoms with E-state index in [1.807, 2.05) is 23.1 Å². The van der Waals surface area contributed by atoms with E-state index in [4.69, 9.17) is 11.6 Å². The van der Waals surface area contributed by atoms with Gasteiger partial charge in [-0.15, -0.1) is 0 Å². The lowest BCUT2D eigenvalue weighted by Gasteiger charge is -2.23. The van der Waals surface area contributed by atoms with Crippen molar-refractivity contribution in [2.75, 3.05) is 11.4 Å². The molecule has 0 fully saturated rings. The molecule has 1 amide bonds. The molecule has 0 aromatic heterocycles. The molecular weight excluding hydrogens is 234 g/mol. The van der Waals surface area contributed by atoms with Crippen LogP contribution >= 0.6 is 11.6 Å². The molecule has 92 valence electrons. The number of fused-ring (bicyclic) bond motifs is 1. The minimum Gasteiger partial charge on any atom is -0.312 e. The average Bonchev–Trinajstić information content (AvgIpc) is 2.57. The van der Waals surface area contributed by atoms with E-state index in [0.717, 1.165) is 23.7 Å². The molecule has 0 atom stereocenters. The summed E-state index contributed by atoms with van der Waals surface area (Å²) < 4.78 is 0. The number of amides is 1. The maximum atomic E-state index is 12.2. The molecule has 0 saturated heterocycles. The number of hydrogen-bond acceptors (Lipinski definition) is 1. The predicted molar refractivity (Wildman–Crippen MR) is 71.6 cm³/mol. The standard InChI is InChI=1S/C14H18ClNO/c1-14(2,3)9-13(17)16-7-6-10-8-11(15)4-5-12(10)16/h4-5,8H,6-7,9H2,1-3H3. The molecule has 1 aliphatic rings. The highest BCUT2D eigenvalue weighted by atomic mass is 35.5.